The van der Waals surface area contributed by atoms with E-state index in [9.17, 15) is 4.79 Å². The number of amides is 1. The summed E-state index contributed by atoms with van der Waals surface area (Å²) in [6.45, 7) is 8.81. The second kappa shape index (κ2) is 9.48. The summed E-state index contributed by atoms with van der Waals surface area (Å²) in [6.07, 6.45) is 0. The van der Waals surface area contributed by atoms with Crippen molar-refractivity contribution in [3.05, 3.63) is 41.3 Å². The van der Waals surface area contributed by atoms with Crippen LogP contribution in [0.2, 0.25) is 0 Å². The summed E-state index contributed by atoms with van der Waals surface area (Å²) in [7, 11) is 1.58. The first-order valence-electron chi connectivity index (χ1n) is 9.41. The summed E-state index contributed by atoms with van der Waals surface area (Å²) < 4.78 is 10.7. The van der Waals surface area contributed by atoms with Crippen LogP contribution in [0.4, 0.5) is 11.5 Å². The third-order valence-corrected chi connectivity index (χ3v) is 4.51. The Hall–Kier alpha value is -2.71. The van der Waals surface area contributed by atoms with Crippen LogP contribution in [0.5, 0.6) is 5.75 Å². The molecule has 1 aromatic carbocycles. The predicted octanol–water partition coefficient (Wildman–Crippen LogP) is 2.10. The van der Waals surface area contributed by atoms with Gasteiger partial charge in [-0.3, -0.25) is 9.69 Å². The second-order valence-electron chi connectivity index (χ2n) is 6.72. The molecule has 1 fully saturated rings. The van der Waals surface area contributed by atoms with E-state index < -0.39 is 0 Å². The molecule has 1 aromatic heterocycles. The Morgan fingerprint density at radius 3 is 2.75 bits per heavy atom. The van der Waals surface area contributed by atoms with E-state index in [4.69, 9.17) is 9.47 Å². The van der Waals surface area contributed by atoms with E-state index in [0.717, 1.165) is 45.0 Å². The van der Waals surface area contributed by atoms with E-state index in [0.29, 0.717) is 28.8 Å². The number of carbonyl (C=O) groups is 1. The summed E-state index contributed by atoms with van der Waals surface area (Å²) in [4.78, 5) is 23.7. The molecule has 8 heteroatoms. The van der Waals surface area contributed by atoms with E-state index >= 15 is 0 Å². The van der Waals surface area contributed by atoms with Gasteiger partial charge in [0, 0.05) is 32.2 Å². The molecule has 2 aromatic rings. The fourth-order valence-corrected chi connectivity index (χ4v) is 3.05. The van der Waals surface area contributed by atoms with Gasteiger partial charge in [0.25, 0.3) is 5.91 Å². The molecular weight excluding hydrogens is 358 g/mol. The number of hydrogen-bond donors (Lipinski definition) is 2. The topological polar surface area (TPSA) is 88.6 Å². The van der Waals surface area contributed by atoms with Gasteiger partial charge in [-0.05, 0) is 31.5 Å². The summed E-state index contributed by atoms with van der Waals surface area (Å²) in [6, 6.07) is 7.30. The minimum absolute atomic E-state index is 0.300. The first-order chi connectivity index (χ1) is 13.5. The molecule has 1 amide bonds. The van der Waals surface area contributed by atoms with Crippen LogP contribution in [0.15, 0.2) is 24.3 Å². The van der Waals surface area contributed by atoms with Crippen LogP contribution in [0.25, 0.3) is 0 Å². The number of nitrogens with zero attached hydrogens (tertiary/aromatic N) is 3. The number of methoxy groups -OCH3 is 1. The number of aryl methyl sites for hydroxylation is 2. The van der Waals surface area contributed by atoms with Crippen molar-refractivity contribution in [2.24, 2.45) is 0 Å². The average molecular weight is 385 g/mol. The smallest absolute Gasteiger partial charge is 0.274 e. The minimum Gasteiger partial charge on any atom is -0.495 e. The van der Waals surface area contributed by atoms with Crippen molar-refractivity contribution < 1.29 is 14.3 Å². The molecule has 1 saturated heterocycles. The number of hydrogen-bond acceptors (Lipinski definition) is 7. The Balaban J connectivity index is 1.65. The molecule has 0 saturated carbocycles. The zero-order valence-electron chi connectivity index (χ0n) is 16.6. The third kappa shape index (κ3) is 5.40. The third-order valence-electron chi connectivity index (χ3n) is 4.51. The van der Waals surface area contributed by atoms with Crippen LogP contribution in [-0.2, 0) is 4.74 Å². The van der Waals surface area contributed by atoms with Gasteiger partial charge in [0.15, 0.2) is 0 Å². The minimum atomic E-state index is -0.300. The molecule has 3 rings (SSSR count). The lowest BCUT2D eigenvalue weighted by atomic mass is 10.2. The highest BCUT2D eigenvalue weighted by Crippen LogP contribution is 2.25. The maximum absolute atomic E-state index is 12.7. The molecule has 0 unspecified atom stereocenters. The van der Waals surface area contributed by atoms with Crippen LogP contribution < -0.4 is 15.4 Å². The largest absolute Gasteiger partial charge is 0.495 e. The molecule has 8 nitrogen and oxygen atoms in total. The Kier molecular flexibility index (Phi) is 6.78. The molecule has 0 spiro atoms. The highest BCUT2D eigenvalue weighted by molar-refractivity contribution is 6.04. The number of nitrogens with one attached hydrogen (secondary N) is 2. The van der Waals surface area contributed by atoms with Gasteiger partial charge < -0.3 is 20.1 Å². The van der Waals surface area contributed by atoms with E-state index in [1.165, 1.54) is 0 Å². The summed E-state index contributed by atoms with van der Waals surface area (Å²) in [5, 5.41) is 6.16. The number of morpholine rings is 1. The van der Waals surface area contributed by atoms with Crippen molar-refractivity contribution in [2.75, 3.05) is 57.1 Å². The predicted molar refractivity (Wildman–Crippen MR) is 108 cm³/mol. The van der Waals surface area contributed by atoms with Crippen molar-refractivity contribution in [1.82, 2.24) is 14.9 Å². The molecule has 2 heterocycles. The summed E-state index contributed by atoms with van der Waals surface area (Å²) in [5.74, 6) is 1.49. The second-order valence-corrected chi connectivity index (χ2v) is 6.72. The van der Waals surface area contributed by atoms with Gasteiger partial charge in [0.05, 0.1) is 26.0 Å². The lowest BCUT2D eigenvalue weighted by Gasteiger charge is -2.26. The van der Waals surface area contributed by atoms with Crippen molar-refractivity contribution in [2.45, 2.75) is 13.8 Å². The zero-order valence-corrected chi connectivity index (χ0v) is 16.6. The Morgan fingerprint density at radius 2 is 2.00 bits per heavy atom. The Morgan fingerprint density at radius 1 is 1.21 bits per heavy atom. The van der Waals surface area contributed by atoms with Gasteiger partial charge in [-0.2, -0.15) is 0 Å². The number of aromatic nitrogens is 2. The van der Waals surface area contributed by atoms with Gasteiger partial charge in [-0.1, -0.05) is 6.07 Å². The van der Waals surface area contributed by atoms with Gasteiger partial charge in [0.1, 0.15) is 23.1 Å². The number of rotatable bonds is 7. The number of ether oxygens (including phenoxy) is 2. The number of anilines is 2. The van der Waals surface area contributed by atoms with E-state index in [-0.39, 0.29) is 5.91 Å². The summed E-state index contributed by atoms with van der Waals surface area (Å²) >= 11 is 0. The van der Waals surface area contributed by atoms with Crippen molar-refractivity contribution >= 4 is 17.4 Å². The molecule has 0 bridgehead atoms. The lowest BCUT2D eigenvalue weighted by molar-refractivity contribution is 0.0398. The maximum Gasteiger partial charge on any atom is 0.274 e. The highest BCUT2D eigenvalue weighted by atomic mass is 16.5. The first-order valence-corrected chi connectivity index (χ1v) is 9.41. The summed E-state index contributed by atoms with van der Waals surface area (Å²) in [5.41, 5.74) is 1.95. The van der Waals surface area contributed by atoms with E-state index in [1.807, 2.05) is 25.1 Å². The molecule has 1 aliphatic rings. The van der Waals surface area contributed by atoms with Gasteiger partial charge in [-0.25, -0.2) is 9.97 Å². The van der Waals surface area contributed by atoms with Crippen LogP contribution in [0.3, 0.4) is 0 Å². The fourth-order valence-electron chi connectivity index (χ4n) is 3.05. The van der Waals surface area contributed by atoms with E-state index in [2.05, 4.69) is 25.5 Å². The standard InChI is InChI=1S/C20H27N5O3/c1-14-4-5-18(27-3)16(12-14)24-20(26)17-13-19(23-15(2)22-17)21-6-7-25-8-10-28-11-9-25/h4-5,12-13H,6-11H2,1-3H3,(H,24,26)(H,21,22,23). The Bertz CT molecular complexity index is 821. The van der Waals surface area contributed by atoms with Crippen LogP contribution in [0, 0.1) is 13.8 Å². The SMILES string of the molecule is COc1ccc(C)cc1NC(=O)c1cc(NCCN2CCOCC2)nc(C)n1. The van der Waals surface area contributed by atoms with Gasteiger partial charge >= 0.3 is 0 Å². The van der Waals surface area contributed by atoms with Crippen LogP contribution in [0.1, 0.15) is 21.9 Å². The molecule has 0 atom stereocenters. The monoisotopic (exact) mass is 385 g/mol. The molecule has 0 radical (unpaired) electrons. The van der Waals surface area contributed by atoms with Gasteiger partial charge in [0.2, 0.25) is 0 Å². The molecule has 0 aliphatic carbocycles. The quantitative estimate of drug-likeness (QED) is 0.754. The maximum atomic E-state index is 12.7. The molecule has 1 aliphatic heterocycles. The molecule has 150 valence electrons. The highest BCUT2D eigenvalue weighted by Gasteiger charge is 2.14. The van der Waals surface area contributed by atoms with Crippen molar-refractivity contribution in [1.29, 1.82) is 0 Å². The average Bonchev–Trinajstić information content (AvgIpc) is 2.68. The van der Waals surface area contributed by atoms with Crippen LogP contribution >= 0.6 is 0 Å². The molecule has 28 heavy (non-hydrogen) atoms. The van der Waals surface area contributed by atoms with Crippen LogP contribution in [-0.4, -0.2) is 67.3 Å². The Labute approximate surface area is 165 Å². The van der Waals surface area contributed by atoms with E-state index in [1.54, 1.807) is 20.1 Å². The first kappa shape index (κ1) is 20.0. The van der Waals surface area contributed by atoms with Crippen molar-refractivity contribution in [3.63, 3.8) is 0 Å². The molecule has 2 N–H and O–H groups in total. The number of benzene rings is 1. The molecular formula is C20H27N5O3. The fraction of sp³-hybridized carbons (Fsp3) is 0.450. The normalized spacial score (nSPS) is 14.5. The van der Waals surface area contributed by atoms with Crippen molar-refractivity contribution in [3.8, 4) is 5.75 Å². The zero-order chi connectivity index (χ0) is 19.9. The lowest BCUT2D eigenvalue weighted by Crippen LogP contribution is -2.39. The number of carbonyl (C=O) groups excluding carboxylic acids is 1. The van der Waals surface area contributed by atoms with Gasteiger partial charge in [-0.15, -0.1) is 0 Å².